The molecule has 0 heterocycles. The van der Waals surface area contributed by atoms with Crippen molar-refractivity contribution < 1.29 is 13.2 Å². The first-order valence-corrected chi connectivity index (χ1v) is 3.11. The second-order valence-corrected chi connectivity index (χ2v) is 1.89. The molecule has 0 bridgehead atoms. The summed E-state index contributed by atoms with van der Waals surface area (Å²) in [6.07, 6.45) is -2.46. The van der Waals surface area contributed by atoms with Gasteiger partial charge in [-0.3, -0.25) is 0 Å². The fraction of sp³-hybridized carbons (Fsp3) is 0.667. The highest BCUT2D eigenvalue weighted by atomic mass is 19.4. The Kier molecular flexibility index (Phi) is 3.78. The van der Waals surface area contributed by atoms with E-state index in [1.54, 1.807) is 6.92 Å². The number of hydrogen-bond donors (Lipinski definition) is 0. The van der Waals surface area contributed by atoms with Crippen LogP contribution in [-0.4, -0.2) is 18.1 Å². The molecule has 0 N–H and O–H groups in total. The predicted octanol–water partition coefficient (Wildman–Crippen LogP) is 2.41. The molecule has 0 aromatic heterocycles. The van der Waals surface area contributed by atoms with Crippen molar-refractivity contribution in [2.75, 3.05) is 0 Å². The minimum atomic E-state index is -4.36. The van der Waals surface area contributed by atoms with Crippen LogP contribution < -0.4 is 0 Å². The minimum Gasteiger partial charge on any atom is -0.165 e. The molecular formula is C6H9F3N2. The van der Waals surface area contributed by atoms with Gasteiger partial charge in [0.15, 0.2) is 0 Å². The van der Waals surface area contributed by atoms with Crippen LogP contribution >= 0.6 is 0 Å². The molecule has 64 valence electrons. The summed E-state index contributed by atoms with van der Waals surface area (Å²) >= 11 is 0. The van der Waals surface area contributed by atoms with Gasteiger partial charge in [0, 0.05) is 6.21 Å². The summed E-state index contributed by atoms with van der Waals surface area (Å²) in [5, 5.41) is 6.15. The average Bonchev–Trinajstić information content (AvgIpc) is 1.86. The predicted molar refractivity (Wildman–Crippen MR) is 37.9 cm³/mol. The highest BCUT2D eigenvalue weighted by Gasteiger charge is 2.31. The summed E-state index contributed by atoms with van der Waals surface area (Å²) < 4.78 is 35.0. The van der Waals surface area contributed by atoms with E-state index in [2.05, 4.69) is 10.2 Å². The number of hydrogen-bond acceptors (Lipinski definition) is 2. The molecule has 0 aromatic carbocycles. The van der Waals surface area contributed by atoms with Crippen LogP contribution in [0.25, 0.3) is 0 Å². The zero-order valence-electron chi connectivity index (χ0n) is 6.31. The Balaban J connectivity index is 4.12. The summed E-state index contributed by atoms with van der Waals surface area (Å²) in [4.78, 5) is 0. The molecule has 0 saturated heterocycles. The molecule has 2 nitrogen and oxygen atoms in total. The van der Waals surface area contributed by atoms with E-state index in [4.69, 9.17) is 0 Å². The maximum atomic E-state index is 11.7. The largest absolute Gasteiger partial charge is 0.431 e. The summed E-state index contributed by atoms with van der Waals surface area (Å²) in [6.45, 7) is 2.65. The maximum absolute atomic E-state index is 11.7. The molecule has 0 unspecified atom stereocenters. The number of halogens is 3. The first-order chi connectivity index (χ1) is 4.98. The third-order valence-electron chi connectivity index (χ3n) is 0.882. The van der Waals surface area contributed by atoms with Gasteiger partial charge in [-0.15, -0.1) is 0 Å². The Bertz CT molecular complexity index is 169. The van der Waals surface area contributed by atoms with E-state index in [0.717, 1.165) is 6.92 Å². The Morgan fingerprint density at radius 1 is 1.45 bits per heavy atom. The van der Waals surface area contributed by atoms with Gasteiger partial charge in [-0.2, -0.15) is 23.4 Å². The summed E-state index contributed by atoms with van der Waals surface area (Å²) in [7, 11) is 0. The van der Waals surface area contributed by atoms with Crippen LogP contribution in [0.5, 0.6) is 0 Å². The fourth-order valence-corrected chi connectivity index (χ4v) is 0.266. The van der Waals surface area contributed by atoms with Crippen molar-refractivity contribution in [1.82, 2.24) is 0 Å². The lowest BCUT2D eigenvalue weighted by Crippen LogP contribution is -2.18. The van der Waals surface area contributed by atoms with E-state index < -0.39 is 11.9 Å². The summed E-state index contributed by atoms with van der Waals surface area (Å²) in [5.74, 6) is 0. The third kappa shape index (κ3) is 4.52. The van der Waals surface area contributed by atoms with Gasteiger partial charge >= 0.3 is 6.18 Å². The van der Waals surface area contributed by atoms with Crippen LogP contribution in [0, 0.1) is 0 Å². The molecule has 5 heteroatoms. The third-order valence-corrected chi connectivity index (χ3v) is 0.882. The van der Waals surface area contributed by atoms with Crippen molar-refractivity contribution >= 4 is 11.9 Å². The van der Waals surface area contributed by atoms with Crippen LogP contribution in [0.4, 0.5) is 13.2 Å². The van der Waals surface area contributed by atoms with Crippen LogP contribution in [0.15, 0.2) is 10.2 Å². The minimum absolute atomic E-state index is 0.578. The lowest BCUT2D eigenvalue weighted by molar-refractivity contribution is -0.0593. The Hall–Kier alpha value is -0.870. The van der Waals surface area contributed by atoms with Crippen molar-refractivity contribution in [2.45, 2.75) is 26.4 Å². The van der Waals surface area contributed by atoms with Gasteiger partial charge in [-0.1, -0.05) is 6.92 Å². The van der Waals surface area contributed by atoms with E-state index in [1.807, 2.05) is 0 Å². The topological polar surface area (TPSA) is 24.7 Å². The lowest BCUT2D eigenvalue weighted by atomic mass is 10.4. The van der Waals surface area contributed by atoms with Crippen LogP contribution in [0.1, 0.15) is 20.3 Å². The zero-order valence-corrected chi connectivity index (χ0v) is 6.31. The van der Waals surface area contributed by atoms with E-state index in [9.17, 15) is 13.2 Å². The van der Waals surface area contributed by atoms with Crippen molar-refractivity contribution in [1.29, 1.82) is 0 Å². The van der Waals surface area contributed by atoms with Crippen molar-refractivity contribution in [3.8, 4) is 0 Å². The van der Waals surface area contributed by atoms with Crippen molar-refractivity contribution in [3.63, 3.8) is 0 Å². The molecular weight excluding hydrogens is 157 g/mol. The number of rotatable bonds is 2. The van der Waals surface area contributed by atoms with Crippen molar-refractivity contribution in [3.05, 3.63) is 0 Å². The molecule has 0 radical (unpaired) electrons. The van der Waals surface area contributed by atoms with Crippen LogP contribution in [-0.2, 0) is 0 Å². The SMILES string of the molecule is CCC=NN=C(C)C(F)(F)F. The molecule has 0 atom stereocenters. The normalized spacial score (nSPS) is 14.5. The first kappa shape index (κ1) is 10.1. The number of nitrogens with zero attached hydrogens (tertiary/aromatic N) is 2. The quantitative estimate of drug-likeness (QED) is 0.444. The van der Waals surface area contributed by atoms with E-state index in [0.29, 0.717) is 6.42 Å². The molecule has 0 aromatic rings. The zero-order chi connectivity index (χ0) is 8.91. The van der Waals surface area contributed by atoms with E-state index >= 15 is 0 Å². The molecule has 0 saturated carbocycles. The molecule has 0 aliphatic heterocycles. The van der Waals surface area contributed by atoms with Gasteiger partial charge in [-0.05, 0) is 13.3 Å². The van der Waals surface area contributed by atoms with Gasteiger partial charge in [0.05, 0.1) is 0 Å². The number of alkyl halides is 3. The van der Waals surface area contributed by atoms with Gasteiger partial charge < -0.3 is 0 Å². The standard InChI is InChI=1S/C6H9F3N2/c1-3-4-10-11-5(2)6(7,8)9/h4H,3H2,1-2H3. The molecule has 0 aliphatic carbocycles. The fourth-order valence-electron chi connectivity index (χ4n) is 0.266. The van der Waals surface area contributed by atoms with Gasteiger partial charge in [-0.25, -0.2) is 0 Å². The highest BCUT2D eigenvalue weighted by molar-refractivity contribution is 5.87. The molecule has 0 rings (SSSR count). The van der Waals surface area contributed by atoms with E-state index in [1.165, 1.54) is 6.21 Å². The second-order valence-electron chi connectivity index (χ2n) is 1.89. The lowest BCUT2D eigenvalue weighted by Gasteiger charge is -2.01. The van der Waals surface area contributed by atoms with Gasteiger partial charge in [0.2, 0.25) is 0 Å². The van der Waals surface area contributed by atoms with Crippen molar-refractivity contribution in [2.24, 2.45) is 10.2 Å². The van der Waals surface area contributed by atoms with E-state index in [-0.39, 0.29) is 0 Å². The summed E-state index contributed by atoms with van der Waals surface area (Å²) in [5.41, 5.74) is -0.929. The smallest absolute Gasteiger partial charge is 0.165 e. The summed E-state index contributed by atoms with van der Waals surface area (Å²) in [6, 6.07) is 0. The highest BCUT2D eigenvalue weighted by Crippen LogP contribution is 2.16. The monoisotopic (exact) mass is 166 g/mol. The van der Waals surface area contributed by atoms with Gasteiger partial charge in [0.25, 0.3) is 0 Å². The average molecular weight is 166 g/mol. The molecule has 0 aliphatic rings. The second kappa shape index (κ2) is 4.10. The Morgan fingerprint density at radius 2 is 2.00 bits per heavy atom. The first-order valence-electron chi connectivity index (χ1n) is 3.11. The van der Waals surface area contributed by atoms with Crippen LogP contribution in [0.3, 0.4) is 0 Å². The molecule has 0 amide bonds. The Labute approximate surface area is 62.8 Å². The molecule has 0 fully saturated rings. The Morgan fingerprint density at radius 3 is 2.36 bits per heavy atom. The maximum Gasteiger partial charge on any atom is 0.431 e. The van der Waals surface area contributed by atoms with Gasteiger partial charge in [0.1, 0.15) is 5.71 Å². The molecule has 11 heavy (non-hydrogen) atoms. The molecule has 0 spiro atoms. The van der Waals surface area contributed by atoms with Crippen LogP contribution in [0.2, 0.25) is 0 Å².